The van der Waals surface area contributed by atoms with E-state index in [0.29, 0.717) is 19.6 Å². The van der Waals surface area contributed by atoms with E-state index in [9.17, 15) is 0 Å². The number of hydrogen-bond acceptors (Lipinski definition) is 5. The molecule has 0 fully saturated rings. The third-order valence-corrected chi connectivity index (χ3v) is 5.48. The highest BCUT2D eigenvalue weighted by atomic mass is 16.6. The van der Waals surface area contributed by atoms with Crippen LogP contribution in [0.2, 0.25) is 0 Å². The molecule has 1 aliphatic rings. The second-order valence-corrected chi connectivity index (χ2v) is 8.03. The number of benzene rings is 1. The number of unbranched alkanes of at least 4 members (excludes halogenated alkanes) is 7. The fourth-order valence-electron chi connectivity index (χ4n) is 3.72. The van der Waals surface area contributed by atoms with Gasteiger partial charge in [0.05, 0.1) is 19.3 Å². The summed E-state index contributed by atoms with van der Waals surface area (Å²) >= 11 is 0. The van der Waals surface area contributed by atoms with E-state index in [1.165, 1.54) is 37.7 Å². The lowest BCUT2D eigenvalue weighted by atomic mass is 9.88. The molecule has 28 heavy (non-hydrogen) atoms. The van der Waals surface area contributed by atoms with Crippen molar-refractivity contribution in [2.24, 2.45) is 5.90 Å². The van der Waals surface area contributed by atoms with E-state index in [1.807, 2.05) is 6.07 Å². The van der Waals surface area contributed by atoms with Gasteiger partial charge in [0.2, 0.25) is 0 Å². The highest BCUT2D eigenvalue weighted by Crippen LogP contribution is 2.37. The van der Waals surface area contributed by atoms with Gasteiger partial charge in [-0.1, -0.05) is 25.7 Å². The van der Waals surface area contributed by atoms with Crippen LogP contribution in [0.15, 0.2) is 18.2 Å². The van der Waals surface area contributed by atoms with Gasteiger partial charge in [0.1, 0.15) is 17.1 Å². The van der Waals surface area contributed by atoms with Gasteiger partial charge in [0, 0.05) is 6.42 Å². The Morgan fingerprint density at radius 1 is 1.07 bits per heavy atom. The molecule has 2 rings (SSSR count). The number of ether oxygens (including phenoxy) is 2. The number of nitriles is 1. The Hall–Kier alpha value is -1.77. The molecule has 5 nitrogen and oxygen atoms in total. The van der Waals surface area contributed by atoms with E-state index in [1.54, 1.807) is 0 Å². The Bertz CT molecular complexity index is 614. The summed E-state index contributed by atoms with van der Waals surface area (Å²) in [6, 6.07) is 8.40. The molecule has 1 heterocycles. The van der Waals surface area contributed by atoms with Crippen molar-refractivity contribution in [3.8, 4) is 17.6 Å². The molecule has 156 valence electrons. The van der Waals surface area contributed by atoms with Gasteiger partial charge in [0.25, 0.3) is 0 Å². The first-order valence-electron chi connectivity index (χ1n) is 10.8. The number of fused-ring (bicyclic) bond motifs is 1. The summed E-state index contributed by atoms with van der Waals surface area (Å²) in [5.74, 6) is 6.94. The van der Waals surface area contributed by atoms with E-state index in [4.69, 9.17) is 20.6 Å². The van der Waals surface area contributed by atoms with Crippen molar-refractivity contribution in [2.45, 2.75) is 89.6 Å². The largest absolute Gasteiger partial charge is 0.494 e. The first kappa shape index (κ1) is 22.5. The second kappa shape index (κ2) is 12.6. The minimum Gasteiger partial charge on any atom is -0.494 e. The minimum atomic E-state index is -0.0571. The van der Waals surface area contributed by atoms with E-state index in [-0.39, 0.29) is 5.60 Å². The van der Waals surface area contributed by atoms with Crippen LogP contribution in [-0.4, -0.2) is 18.8 Å². The van der Waals surface area contributed by atoms with Crippen molar-refractivity contribution in [2.75, 3.05) is 13.2 Å². The molecule has 2 N–H and O–H groups in total. The quantitative estimate of drug-likeness (QED) is 0.338. The lowest BCUT2D eigenvalue weighted by Gasteiger charge is -2.36. The van der Waals surface area contributed by atoms with Gasteiger partial charge in [-0.15, -0.1) is 0 Å². The molecule has 0 radical (unpaired) electrons. The number of aryl methyl sites for hydroxylation is 1. The molecule has 1 aliphatic heterocycles. The topological polar surface area (TPSA) is 77.5 Å². The summed E-state index contributed by atoms with van der Waals surface area (Å²) < 4.78 is 12.2. The molecule has 0 saturated carbocycles. The van der Waals surface area contributed by atoms with Crippen LogP contribution in [-0.2, 0) is 11.3 Å². The Morgan fingerprint density at radius 2 is 1.82 bits per heavy atom. The number of nitrogens with zero attached hydrogens (tertiary/aromatic N) is 1. The smallest absolute Gasteiger partial charge is 0.123 e. The zero-order valence-electron chi connectivity index (χ0n) is 17.4. The summed E-state index contributed by atoms with van der Waals surface area (Å²) in [7, 11) is 0. The van der Waals surface area contributed by atoms with Gasteiger partial charge in [-0.25, -0.2) is 5.90 Å². The van der Waals surface area contributed by atoms with Crippen LogP contribution in [0.4, 0.5) is 0 Å². The third kappa shape index (κ3) is 8.08. The van der Waals surface area contributed by atoms with Gasteiger partial charge in [0.15, 0.2) is 0 Å². The van der Waals surface area contributed by atoms with Crippen LogP contribution in [0.3, 0.4) is 0 Å². The molecule has 1 atom stereocenters. The number of hydrogen-bond donors (Lipinski definition) is 1. The zero-order valence-corrected chi connectivity index (χ0v) is 17.4. The average molecular weight is 389 g/mol. The van der Waals surface area contributed by atoms with Crippen LogP contribution in [0.5, 0.6) is 11.5 Å². The summed E-state index contributed by atoms with van der Waals surface area (Å²) in [6.45, 7) is 3.49. The monoisotopic (exact) mass is 388 g/mol. The average Bonchev–Trinajstić information content (AvgIpc) is 2.70. The highest BCUT2D eigenvalue weighted by Gasteiger charge is 2.31. The summed E-state index contributed by atoms with van der Waals surface area (Å²) in [5.41, 5.74) is 1.19. The maximum Gasteiger partial charge on any atom is 0.123 e. The fraction of sp³-hybridized carbons (Fsp3) is 0.696. The van der Waals surface area contributed by atoms with Gasteiger partial charge in [-0.2, -0.15) is 5.26 Å². The third-order valence-electron chi connectivity index (χ3n) is 5.48. The lowest BCUT2D eigenvalue weighted by molar-refractivity contribution is 0.0533. The number of nitrogens with two attached hydrogens (primary N) is 1. The molecule has 1 aromatic rings. The van der Waals surface area contributed by atoms with Crippen molar-refractivity contribution in [3.05, 3.63) is 23.8 Å². The maximum absolute atomic E-state index is 8.55. The van der Waals surface area contributed by atoms with Gasteiger partial charge in [-0.05, 0) is 75.6 Å². The zero-order chi connectivity index (χ0) is 20.1. The fourth-order valence-corrected chi connectivity index (χ4v) is 3.72. The van der Waals surface area contributed by atoms with E-state index >= 15 is 0 Å². The molecular weight excluding hydrogens is 352 g/mol. The SMILES string of the molecule is CC1(CCCCCCCCC#N)CCc2cc(OCCCCON)ccc2O1. The molecule has 0 bridgehead atoms. The van der Waals surface area contributed by atoms with Gasteiger partial charge < -0.3 is 14.3 Å². The molecule has 0 saturated heterocycles. The number of rotatable bonds is 14. The van der Waals surface area contributed by atoms with Gasteiger partial charge in [-0.3, -0.25) is 0 Å². The Labute approximate surface area is 170 Å². The Kier molecular flexibility index (Phi) is 10.2. The van der Waals surface area contributed by atoms with Crippen molar-refractivity contribution in [1.82, 2.24) is 0 Å². The molecule has 1 aromatic carbocycles. The van der Waals surface area contributed by atoms with E-state index < -0.39 is 0 Å². The lowest BCUT2D eigenvalue weighted by Crippen LogP contribution is -2.36. The summed E-state index contributed by atoms with van der Waals surface area (Å²) in [6.07, 6.45) is 12.9. The van der Waals surface area contributed by atoms with E-state index in [0.717, 1.165) is 50.0 Å². The summed E-state index contributed by atoms with van der Waals surface area (Å²) in [5, 5.41) is 8.55. The second-order valence-electron chi connectivity index (χ2n) is 8.03. The van der Waals surface area contributed by atoms with Crippen molar-refractivity contribution in [3.63, 3.8) is 0 Å². The first-order valence-corrected chi connectivity index (χ1v) is 10.8. The molecule has 1 unspecified atom stereocenters. The van der Waals surface area contributed by atoms with Crippen LogP contribution in [0.1, 0.15) is 83.1 Å². The Balaban J connectivity index is 1.69. The molecule has 5 heteroatoms. The predicted octanol–water partition coefficient (Wildman–Crippen LogP) is 5.46. The van der Waals surface area contributed by atoms with Gasteiger partial charge >= 0.3 is 0 Å². The standard InChI is InChI=1S/C23H36N2O3/c1-23(14-7-5-3-2-4-6-8-16-24)15-13-20-19-21(11-12-22(20)28-23)26-17-9-10-18-27-25/h11-12,19H,2-10,13-15,17-18,25H2,1H3. The van der Waals surface area contributed by atoms with Crippen LogP contribution in [0.25, 0.3) is 0 Å². The van der Waals surface area contributed by atoms with Crippen LogP contribution in [0, 0.1) is 11.3 Å². The molecule has 0 amide bonds. The van der Waals surface area contributed by atoms with E-state index in [2.05, 4.69) is 30.0 Å². The Morgan fingerprint density at radius 3 is 2.61 bits per heavy atom. The minimum absolute atomic E-state index is 0.0571. The normalized spacial score (nSPS) is 18.2. The molecular formula is C23H36N2O3. The highest BCUT2D eigenvalue weighted by molar-refractivity contribution is 5.42. The predicted molar refractivity (Wildman–Crippen MR) is 111 cm³/mol. The van der Waals surface area contributed by atoms with Crippen LogP contribution >= 0.6 is 0 Å². The molecule has 0 aromatic heterocycles. The maximum atomic E-state index is 8.55. The van der Waals surface area contributed by atoms with Crippen molar-refractivity contribution < 1.29 is 14.3 Å². The molecule has 0 spiro atoms. The van der Waals surface area contributed by atoms with Crippen molar-refractivity contribution in [1.29, 1.82) is 5.26 Å². The van der Waals surface area contributed by atoms with Crippen LogP contribution < -0.4 is 15.4 Å². The first-order chi connectivity index (χ1) is 13.7. The summed E-state index contributed by atoms with van der Waals surface area (Å²) in [4.78, 5) is 4.57. The van der Waals surface area contributed by atoms with Crippen molar-refractivity contribution >= 4 is 0 Å². The molecule has 0 aliphatic carbocycles.